The monoisotopic (exact) mass is 226 g/mol. The van der Waals surface area contributed by atoms with Crippen molar-refractivity contribution in [2.45, 2.75) is 13.8 Å². The lowest BCUT2D eigenvalue weighted by Crippen LogP contribution is -2.08. The Balaban J connectivity index is 2.51. The molecule has 3 heteroatoms. The normalized spacial score (nSPS) is 10.2. The van der Waals surface area contributed by atoms with Gasteiger partial charge in [0.1, 0.15) is 5.82 Å². The van der Waals surface area contributed by atoms with Crippen LogP contribution in [0.5, 0.6) is 0 Å². The second-order valence-corrected chi connectivity index (χ2v) is 4.09. The number of ketones is 1. The first-order valence-electron chi connectivity index (χ1n) is 5.42. The van der Waals surface area contributed by atoms with Crippen molar-refractivity contribution in [3.05, 3.63) is 58.8 Å². The number of rotatable bonds is 2. The van der Waals surface area contributed by atoms with Crippen LogP contribution < -0.4 is 5.73 Å². The van der Waals surface area contributed by atoms with Gasteiger partial charge in [-0.2, -0.15) is 0 Å². The Bertz CT molecular complexity index is 576. The highest BCUT2D eigenvalue weighted by atomic mass is 16.1. The number of hydrogen-bond donors (Lipinski definition) is 1. The molecule has 1 aromatic heterocycles. The number of nitrogens with two attached hydrogens (primary N) is 1. The Morgan fingerprint density at radius 2 is 1.88 bits per heavy atom. The van der Waals surface area contributed by atoms with Crippen LogP contribution in [0.2, 0.25) is 0 Å². The number of pyridine rings is 1. The van der Waals surface area contributed by atoms with Gasteiger partial charge in [-0.1, -0.05) is 24.3 Å². The van der Waals surface area contributed by atoms with Crippen LogP contribution in [0.25, 0.3) is 0 Å². The third-order valence-corrected chi connectivity index (χ3v) is 2.69. The van der Waals surface area contributed by atoms with Crippen molar-refractivity contribution in [3.63, 3.8) is 0 Å². The van der Waals surface area contributed by atoms with Crippen molar-refractivity contribution < 1.29 is 4.79 Å². The maximum absolute atomic E-state index is 12.3. The Kier molecular flexibility index (Phi) is 2.91. The molecule has 0 saturated heterocycles. The average Bonchev–Trinajstić information content (AvgIpc) is 2.32. The molecule has 86 valence electrons. The van der Waals surface area contributed by atoms with E-state index in [4.69, 9.17) is 5.73 Å². The molecule has 0 unspecified atom stereocenters. The first-order chi connectivity index (χ1) is 8.09. The first kappa shape index (κ1) is 11.3. The van der Waals surface area contributed by atoms with Gasteiger partial charge in [0.15, 0.2) is 5.78 Å². The van der Waals surface area contributed by atoms with Crippen molar-refractivity contribution in [2.75, 3.05) is 5.73 Å². The minimum absolute atomic E-state index is 0.0724. The third-order valence-electron chi connectivity index (χ3n) is 2.69. The van der Waals surface area contributed by atoms with Crippen LogP contribution in [-0.2, 0) is 0 Å². The number of carbonyl (C=O) groups is 1. The molecule has 3 nitrogen and oxygen atoms in total. The topological polar surface area (TPSA) is 56.0 Å². The molecule has 2 N–H and O–H groups in total. The summed E-state index contributed by atoms with van der Waals surface area (Å²) in [5.41, 5.74) is 8.76. The molecule has 0 amide bonds. The number of benzene rings is 1. The van der Waals surface area contributed by atoms with Crippen LogP contribution in [0.15, 0.2) is 36.5 Å². The minimum atomic E-state index is -0.0724. The molecule has 1 aromatic carbocycles. The zero-order valence-electron chi connectivity index (χ0n) is 9.90. The molecular formula is C14H14N2O. The highest BCUT2D eigenvalue weighted by Crippen LogP contribution is 2.18. The van der Waals surface area contributed by atoms with Crippen molar-refractivity contribution >= 4 is 11.6 Å². The quantitative estimate of drug-likeness (QED) is 0.800. The summed E-state index contributed by atoms with van der Waals surface area (Å²) < 4.78 is 0. The van der Waals surface area contributed by atoms with E-state index in [0.29, 0.717) is 11.1 Å². The van der Waals surface area contributed by atoms with Gasteiger partial charge >= 0.3 is 0 Å². The lowest BCUT2D eigenvalue weighted by molar-refractivity contribution is 0.103. The van der Waals surface area contributed by atoms with Gasteiger partial charge in [-0.3, -0.25) is 4.79 Å². The maximum atomic E-state index is 12.3. The summed E-state index contributed by atoms with van der Waals surface area (Å²) in [5.74, 6) is 0.209. The lowest BCUT2D eigenvalue weighted by atomic mass is 9.99. The Morgan fingerprint density at radius 1 is 1.18 bits per heavy atom. The predicted octanol–water partition coefficient (Wildman–Crippen LogP) is 2.51. The maximum Gasteiger partial charge on any atom is 0.197 e. The van der Waals surface area contributed by atoms with Crippen LogP contribution in [0.1, 0.15) is 27.0 Å². The second-order valence-electron chi connectivity index (χ2n) is 4.09. The number of carbonyl (C=O) groups excluding carboxylic acids is 1. The fourth-order valence-corrected chi connectivity index (χ4v) is 1.73. The van der Waals surface area contributed by atoms with Crippen LogP contribution in [0, 0.1) is 13.8 Å². The van der Waals surface area contributed by atoms with Crippen LogP contribution >= 0.6 is 0 Å². The van der Waals surface area contributed by atoms with E-state index in [9.17, 15) is 4.79 Å². The van der Waals surface area contributed by atoms with Crippen molar-refractivity contribution in [1.29, 1.82) is 0 Å². The molecule has 0 spiro atoms. The molecular weight excluding hydrogens is 212 g/mol. The van der Waals surface area contributed by atoms with Gasteiger partial charge in [-0.15, -0.1) is 0 Å². The number of anilines is 1. The van der Waals surface area contributed by atoms with Gasteiger partial charge in [-0.25, -0.2) is 4.98 Å². The fourth-order valence-electron chi connectivity index (χ4n) is 1.73. The molecule has 2 aromatic rings. The van der Waals surface area contributed by atoms with Crippen LogP contribution in [0.4, 0.5) is 5.82 Å². The summed E-state index contributed by atoms with van der Waals surface area (Å²) in [6.07, 6.45) is 1.66. The van der Waals surface area contributed by atoms with Crippen LogP contribution in [-0.4, -0.2) is 10.8 Å². The van der Waals surface area contributed by atoms with Crippen molar-refractivity contribution in [1.82, 2.24) is 4.98 Å². The molecule has 0 aliphatic rings. The largest absolute Gasteiger partial charge is 0.383 e. The summed E-state index contributed by atoms with van der Waals surface area (Å²) in [6, 6.07) is 9.24. The number of hydrogen-bond acceptors (Lipinski definition) is 3. The van der Waals surface area contributed by atoms with Gasteiger partial charge < -0.3 is 5.73 Å². The highest BCUT2D eigenvalue weighted by Gasteiger charge is 2.14. The van der Waals surface area contributed by atoms with Crippen molar-refractivity contribution in [2.24, 2.45) is 0 Å². The van der Waals surface area contributed by atoms with Crippen LogP contribution in [0.3, 0.4) is 0 Å². The number of aromatic nitrogens is 1. The van der Waals surface area contributed by atoms with E-state index in [1.165, 1.54) is 0 Å². The summed E-state index contributed by atoms with van der Waals surface area (Å²) >= 11 is 0. The van der Waals surface area contributed by atoms with E-state index in [2.05, 4.69) is 4.98 Å². The summed E-state index contributed by atoms with van der Waals surface area (Å²) in [6.45, 7) is 3.80. The Labute approximate surface area is 100 Å². The van der Waals surface area contributed by atoms with E-state index >= 15 is 0 Å². The molecule has 0 bridgehead atoms. The Morgan fingerprint density at radius 3 is 2.59 bits per heavy atom. The van der Waals surface area contributed by atoms with Crippen molar-refractivity contribution in [3.8, 4) is 0 Å². The molecule has 0 fully saturated rings. The van der Waals surface area contributed by atoms with Gasteiger partial charge in [0, 0.05) is 11.8 Å². The molecule has 0 aliphatic carbocycles. The van der Waals surface area contributed by atoms with Gasteiger partial charge in [0.2, 0.25) is 0 Å². The van der Waals surface area contributed by atoms with Gasteiger partial charge in [-0.05, 0) is 31.0 Å². The predicted molar refractivity (Wildman–Crippen MR) is 68.0 cm³/mol. The molecule has 0 radical (unpaired) electrons. The zero-order valence-corrected chi connectivity index (χ0v) is 9.90. The zero-order chi connectivity index (χ0) is 12.4. The third kappa shape index (κ3) is 2.18. The van der Waals surface area contributed by atoms with E-state index in [1.54, 1.807) is 18.3 Å². The van der Waals surface area contributed by atoms with E-state index < -0.39 is 0 Å². The van der Waals surface area contributed by atoms with Gasteiger partial charge in [0.05, 0.1) is 5.56 Å². The summed E-state index contributed by atoms with van der Waals surface area (Å²) in [7, 11) is 0. The average molecular weight is 226 g/mol. The Hall–Kier alpha value is -2.16. The standard InChI is InChI=1S/C14H14N2O/c1-9-7-12(14(15)16-8-9)13(17)11-6-4-3-5-10(11)2/h3-8H,1-2H3,(H2,15,16). The minimum Gasteiger partial charge on any atom is -0.383 e. The molecule has 0 saturated carbocycles. The highest BCUT2D eigenvalue weighted by molar-refractivity contribution is 6.12. The molecule has 1 heterocycles. The van der Waals surface area contributed by atoms with E-state index in [1.807, 2.05) is 32.0 Å². The molecule has 17 heavy (non-hydrogen) atoms. The molecule has 0 aliphatic heterocycles. The fraction of sp³-hybridized carbons (Fsp3) is 0.143. The number of nitrogens with zero attached hydrogens (tertiary/aromatic N) is 1. The van der Waals surface area contributed by atoms with Gasteiger partial charge in [0.25, 0.3) is 0 Å². The molecule has 0 atom stereocenters. The van der Waals surface area contributed by atoms with E-state index in [0.717, 1.165) is 11.1 Å². The SMILES string of the molecule is Cc1cnc(N)c(C(=O)c2ccccc2C)c1. The number of nitrogen functional groups attached to an aromatic ring is 1. The lowest BCUT2D eigenvalue weighted by Gasteiger charge is -2.07. The summed E-state index contributed by atoms with van der Waals surface area (Å²) in [4.78, 5) is 16.3. The first-order valence-corrected chi connectivity index (χ1v) is 5.42. The smallest absolute Gasteiger partial charge is 0.197 e. The molecule has 2 rings (SSSR count). The second kappa shape index (κ2) is 4.37. The van der Waals surface area contributed by atoms with E-state index in [-0.39, 0.29) is 11.6 Å². The summed E-state index contributed by atoms with van der Waals surface area (Å²) in [5, 5.41) is 0. The number of aryl methyl sites for hydroxylation is 2.